The maximum absolute atomic E-state index is 13.3. The molecule has 4 rings (SSSR count). The number of Topliss-reactive ketones (excluding diaryl/α,β-unsaturated/α-hetero) is 1. The first-order valence-electron chi connectivity index (χ1n) is 11.5. The van der Waals surface area contributed by atoms with Crippen molar-refractivity contribution < 1.29 is 18.0 Å². The van der Waals surface area contributed by atoms with Crippen molar-refractivity contribution in [3.63, 3.8) is 0 Å². The predicted octanol–water partition coefficient (Wildman–Crippen LogP) is 7.20. The molecule has 1 saturated heterocycles. The molecule has 0 spiro atoms. The molecule has 1 unspecified atom stereocenters. The van der Waals surface area contributed by atoms with Crippen LogP contribution in [-0.2, 0) is 12.6 Å². The van der Waals surface area contributed by atoms with Gasteiger partial charge in [0.05, 0.1) is 10.6 Å². The minimum Gasteiger partial charge on any atom is -0.313 e. The van der Waals surface area contributed by atoms with E-state index in [2.05, 4.69) is 29.6 Å². The summed E-state index contributed by atoms with van der Waals surface area (Å²) in [6.07, 6.45) is 3.62. The van der Waals surface area contributed by atoms with E-state index in [1.54, 1.807) is 0 Å². The average Bonchev–Trinajstić information content (AvgIpc) is 3.61. The number of ketones is 1. The zero-order valence-electron chi connectivity index (χ0n) is 18.1. The Kier molecular flexibility index (Phi) is 7.26. The summed E-state index contributed by atoms with van der Waals surface area (Å²) in [5.74, 6) is 0.422. The molecule has 32 heavy (non-hydrogen) atoms. The first kappa shape index (κ1) is 23.3. The van der Waals surface area contributed by atoms with Crippen molar-refractivity contribution in [2.45, 2.75) is 69.5 Å². The molecule has 1 saturated carbocycles. The topological polar surface area (TPSA) is 29.1 Å². The van der Waals surface area contributed by atoms with Gasteiger partial charge < -0.3 is 5.32 Å². The summed E-state index contributed by atoms with van der Waals surface area (Å²) in [4.78, 5) is 13.1. The number of piperidine rings is 1. The van der Waals surface area contributed by atoms with Gasteiger partial charge in [0.2, 0.25) is 0 Å². The lowest BCUT2D eigenvalue weighted by Crippen LogP contribution is -2.39. The fourth-order valence-electron chi connectivity index (χ4n) is 4.70. The van der Waals surface area contributed by atoms with Gasteiger partial charge in [-0.25, -0.2) is 0 Å². The minimum absolute atomic E-state index is 0.0524. The Morgan fingerprint density at radius 1 is 1.06 bits per heavy atom. The van der Waals surface area contributed by atoms with Crippen LogP contribution in [0, 0.1) is 5.92 Å². The molecule has 1 aliphatic carbocycles. The monoisotopic (exact) mass is 463 g/mol. The molecular weight excluding hydrogens is 435 g/mol. The molecule has 1 N–H and O–H groups in total. The Labute approximate surface area is 192 Å². The number of nitrogens with one attached hydrogen (secondary N) is 1. The van der Waals surface area contributed by atoms with Crippen LogP contribution in [0.25, 0.3) is 0 Å². The van der Waals surface area contributed by atoms with Crippen LogP contribution < -0.4 is 5.32 Å². The molecule has 2 aromatic carbocycles. The van der Waals surface area contributed by atoms with Gasteiger partial charge >= 0.3 is 6.18 Å². The minimum atomic E-state index is -4.59. The summed E-state index contributed by atoms with van der Waals surface area (Å²) in [7, 11) is 0. The average molecular weight is 464 g/mol. The normalized spacial score (nSPS) is 20.2. The van der Waals surface area contributed by atoms with E-state index in [0.717, 1.165) is 49.8 Å². The SMILES string of the molecule is O=C(C[C@@H](c1ccc(CCC2CC2)cc1)C1CCCCN1)c1cccc(C(F)(F)F)c1Cl. The first-order chi connectivity index (χ1) is 15.3. The number of benzene rings is 2. The standard InChI is InChI=1S/C26H29ClF3NO/c27-25-20(4-3-5-22(25)26(28,29)30)24(32)16-21(23-6-1-2-15-31-23)19-13-11-18(12-14-19)10-9-17-7-8-17/h3-5,11-14,17,21,23,31H,1-2,6-10,15-16H2/t21-,23?/m0/s1. The molecule has 0 radical (unpaired) electrons. The van der Waals surface area contributed by atoms with E-state index in [1.807, 2.05) is 0 Å². The van der Waals surface area contributed by atoms with Crippen LogP contribution in [0.4, 0.5) is 13.2 Å². The molecule has 1 heterocycles. The van der Waals surface area contributed by atoms with Gasteiger partial charge in [0.1, 0.15) is 0 Å². The van der Waals surface area contributed by atoms with Crippen LogP contribution >= 0.6 is 11.6 Å². The van der Waals surface area contributed by atoms with E-state index < -0.39 is 16.8 Å². The zero-order valence-corrected chi connectivity index (χ0v) is 18.8. The lowest BCUT2D eigenvalue weighted by molar-refractivity contribution is -0.137. The summed E-state index contributed by atoms with van der Waals surface area (Å²) in [6.45, 7) is 0.888. The Morgan fingerprint density at radius 2 is 1.81 bits per heavy atom. The lowest BCUT2D eigenvalue weighted by Gasteiger charge is -2.32. The Balaban J connectivity index is 1.55. The van der Waals surface area contributed by atoms with Crippen LogP contribution in [0.2, 0.25) is 5.02 Å². The number of carbonyl (C=O) groups excluding carboxylic acids is 1. The van der Waals surface area contributed by atoms with Gasteiger partial charge in [-0.15, -0.1) is 0 Å². The maximum atomic E-state index is 13.3. The summed E-state index contributed by atoms with van der Waals surface area (Å²) in [5.41, 5.74) is 1.33. The van der Waals surface area contributed by atoms with Gasteiger partial charge in [0, 0.05) is 23.9 Å². The van der Waals surface area contributed by atoms with E-state index >= 15 is 0 Å². The molecule has 2 nitrogen and oxygen atoms in total. The number of hydrogen-bond acceptors (Lipinski definition) is 2. The summed E-state index contributed by atoms with van der Waals surface area (Å²) in [6, 6.07) is 12.1. The number of carbonyl (C=O) groups is 1. The van der Waals surface area contributed by atoms with E-state index in [0.29, 0.717) is 0 Å². The molecule has 0 aromatic heterocycles. The molecule has 1 aliphatic heterocycles. The predicted molar refractivity (Wildman–Crippen MR) is 121 cm³/mol. The number of alkyl halides is 3. The molecule has 172 valence electrons. The molecule has 0 amide bonds. The molecule has 2 fully saturated rings. The van der Waals surface area contributed by atoms with Crippen molar-refractivity contribution in [3.8, 4) is 0 Å². The smallest absolute Gasteiger partial charge is 0.313 e. The molecule has 2 aromatic rings. The van der Waals surface area contributed by atoms with Crippen LogP contribution in [0.1, 0.15) is 77.9 Å². The van der Waals surface area contributed by atoms with Crippen LogP contribution in [0.3, 0.4) is 0 Å². The van der Waals surface area contributed by atoms with Gasteiger partial charge in [-0.2, -0.15) is 13.2 Å². The Morgan fingerprint density at radius 3 is 2.44 bits per heavy atom. The molecule has 2 aliphatic rings. The zero-order chi connectivity index (χ0) is 22.7. The lowest BCUT2D eigenvalue weighted by atomic mass is 9.81. The number of rotatable bonds is 8. The second-order valence-electron chi connectivity index (χ2n) is 9.18. The third kappa shape index (κ3) is 5.74. The largest absolute Gasteiger partial charge is 0.417 e. The fraction of sp³-hybridized carbons (Fsp3) is 0.500. The number of aryl methyl sites for hydroxylation is 1. The molecule has 0 bridgehead atoms. The number of halogens is 4. The van der Waals surface area contributed by atoms with Gasteiger partial charge in [-0.05, 0) is 61.4 Å². The second-order valence-corrected chi connectivity index (χ2v) is 9.56. The van der Waals surface area contributed by atoms with E-state index in [1.165, 1.54) is 37.0 Å². The fourth-order valence-corrected chi connectivity index (χ4v) is 5.04. The second kappa shape index (κ2) is 9.96. The van der Waals surface area contributed by atoms with Crippen molar-refractivity contribution >= 4 is 17.4 Å². The molecule has 6 heteroatoms. The highest BCUT2D eigenvalue weighted by molar-refractivity contribution is 6.34. The molecule has 2 atom stereocenters. The van der Waals surface area contributed by atoms with Gasteiger partial charge in [-0.3, -0.25) is 4.79 Å². The highest BCUT2D eigenvalue weighted by Crippen LogP contribution is 2.38. The summed E-state index contributed by atoms with van der Waals surface area (Å²) >= 11 is 6.03. The third-order valence-electron chi connectivity index (χ3n) is 6.79. The van der Waals surface area contributed by atoms with Gasteiger partial charge in [0.15, 0.2) is 5.78 Å². The first-order valence-corrected chi connectivity index (χ1v) is 11.9. The van der Waals surface area contributed by atoms with Crippen LogP contribution in [0.5, 0.6) is 0 Å². The van der Waals surface area contributed by atoms with Crippen molar-refractivity contribution in [3.05, 3.63) is 69.7 Å². The van der Waals surface area contributed by atoms with Gasteiger partial charge in [0.25, 0.3) is 0 Å². The highest BCUT2D eigenvalue weighted by Gasteiger charge is 2.35. The number of hydrogen-bond donors (Lipinski definition) is 1. The molecular formula is C26H29ClF3NO. The van der Waals surface area contributed by atoms with E-state index in [4.69, 9.17) is 11.6 Å². The maximum Gasteiger partial charge on any atom is 0.417 e. The van der Waals surface area contributed by atoms with Crippen LogP contribution in [0.15, 0.2) is 42.5 Å². The van der Waals surface area contributed by atoms with Crippen LogP contribution in [-0.4, -0.2) is 18.4 Å². The van der Waals surface area contributed by atoms with Crippen molar-refractivity contribution in [1.82, 2.24) is 5.32 Å². The quantitative estimate of drug-likeness (QED) is 0.419. The van der Waals surface area contributed by atoms with E-state index in [-0.39, 0.29) is 29.7 Å². The highest BCUT2D eigenvalue weighted by atomic mass is 35.5. The summed E-state index contributed by atoms with van der Waals surface area (Å²) in [5, 5.41) is 3.02. The van der Waals surface area contributed by atoms with Crippen molar-refractivity contribution in [2.75, 3.05) is 6.54 Å². The van der Waals surface area contributed by atoms with E-state index in [9.17, 15) is 18.0 Å². The Hall–Kier alpha value is -1.85. The van der Waals surface area contributed by atoms with Gasteiger partial charge in [-0.1, -0.05) is 61.2 Å². The Bertz CT molecular complexity index is 931. The van der Waals surface area contributed by atoms with Crippen molar-refractivity contribution in [1.29, 1.82) is 0 Å². The van der Waals surface area contributed by atoms with Crippen molar-refractivity contribution in [2.24, 2.45) is 5.92 Å². The third-order valence-corrected chi connectivity index (χ3v) is 7.20. The summed E-state index contributed by atoms with van der Waals surface area (Å²) < 4.78 is 39.8.